The second-order valence-corrected chi connectivity index (χ2v) is 2.40. The molecule has 2 heteroatoms. The Balaban J connectivity index is 2.33. The summed E-state index contributed by atoms with van der Waals surface area (Å²) in [6.45, 7) is 0. The number of rotatable bonds is 0. The highest BCUT2D eigenvalue weighted by molar-refractivity contribution is 5.41. The van der Waals surface area contributed by atoms with E-state index in [4.69, 9.17) is 0 Å². The van der Waals surface area contributed by atoms with Crippen molar-refractivity contribution in [2.24, 2.45) is 0 Å². The van der Waals surface area contributed by atoms with Gasteiger partial charge in [-0.3, -0.25) is 5.43 Å². The van der Waals surface area contributed by atoms with Gasteiger partial charge in [0.25, 0.3) is 0 Å². The average Bonchev–Trinajstić information content (AvgIpc) is 2.05. The molecule has 2 aliphatic rings. The zero-order chi connectivity index (χ0) is 6.81. The van der Waals surface area contributed by atoms with Crippen molar-refractivity contribution in [3.05, 3.63) is 35.7 Å². The van der Waals surface area contributed by atoms with Gasteiger partial charge in [-0.2, -0.15) is 5.43 Å². The van der Waals surface area contributed by atoms with E-state index in [1.807, 2.05) is 6.20 Å². The van der Waals surface area contributed by atoms with Crippen LogP contribution in [0.5, 0.6) is 0 Å². The maximum atomic E-state index is 4.11. The van der Waals surface area contributed by atoms with Gasteiger partial charge in [-0.15, -0.1) is 0 Å². The van der Waals surface area contributed by atoms with Crippen LogP contribution in [0, 0.1) is 0 Å². The van der Waals surface area contributed by atoms with E-state index in [-0.39, 0.29) is 0 Å². The van der Waals surface area contributed by atoms with E-state index in [0.29, 0.717) is 0 Å². The molecule has 1 heterocycles. The maximum absolute atomic E-state index is 4.11. The molecule has 0 aromatic heterocycles. The molecule has 0 atom stereocenters. The Bertz CT molecular complexity index is 223. The van der Waals surface area contributed by atoms with Gasteiger partial charge < -0.3 is 0 Å². The van der Waals surface area contributed by atoms with E-state index in [2.05, 4.69) is 29.1 Å². The lowest BCUT2D eigenvalue weighted by Crippen LogP contribution is -2.23. The number of nitrogens with zero attached hydrogens (tertiary/aromatic N) is 1. The fourth-order valence-electron chi connectivity index (χ4n) is 1.18. The number of hydrogen-bond donors (Lipinski definition) is 1. The van der Waals surface area contributed by atoms with E-state index in [1.165, 1.54) is 5.57 Å². The average molecular weight is 133 g/mol. The first kappa shape index (κ1) is 5.59. The second kappa shape index (κ2) is 2.21. The number of hydrogen-bond acceptors (Lipinski definition) is 1. The molecule has 0 amide bonds. The van der Waals surface area contributed by atoms with Gasteiger partial charge in [0.05, 0.1) is 5.70 Å². The van der Waals surface area contributed by atoms with Crippen molar-refractivity contribution in [3.63, 3.8) is 0 Å². The summed E-state index contributed by atoms with van der Waals surface area (Å²) >= 11 is 0. The second-order valence-electron chi connectivity index (χ2n) is 2.40. The van der Waals surface area contributed by atoms with Gasteiger partial charge in [0.15, 0.2) is 0 Å². The highest BCUT2D eigenvalue weighted by Gasteiger charge is 2.08. The Morgan fingerprint density at radius 3 is 3.10 bits per heavy atom. The van der Waals surface area contributed by atoms with E-state index < -0.39 is 0 Å². The fraction of sp³-hybridized carbons (Fsp3) is 0.250. The van der Waals surface area contributed by atoms with Gasteiger partial charge >= 0.3 is 0 Å². The van der Waals surface area contributed by atoms with Crippen LogP contribution in [0.1, 0.15) is 12.8 Å². The van der Waals surface area contributed by atoms with Crippen LogP contribution in [0.3, 0.4) is 0 Å². The minimum atomic E-state index is 1.09. The topological polar surface area (TPSA) is 26.1 Å². The molecule has 0 aromatic carbocycles. The van der Waals surface area contributed by atoms with Crippen molar-refractivity contribution in [1.82, 2.24) is 10.9 Å². The van der Waals surface area contributed by atoms with E-state index in [1.54, 1.807) is 0 Å². The van der Waals surface area contributed by atoms with Crippen molar-refractivity contribution >= 4 is 0 Å². The van der Waals surface area contributed by atoms with Crippen LogP contribution in [0.2, 0.25) is 0 Å². The Morgan fingerprint density at radius 2 is 2.20 bits per heavy atom. The summed E-state index contributed by atoms with van der Waals surface area (Å²) in [5, 5.41) is 0. The molecule has 0 fully saturated rings. The monoisotopic (exact) mass is 133 g/mol. The van der Waals surface area contributed by atoms with Crippen LogP contribution in [-0.2, 0) is 0 Å². The molecule has 2 rings (SSSR count). The standard InChI is InChI=1S/C8H9N2/c1-2-4-8-7(3-1)5-6-9-10-8/h3-6,9H,1-2H2. The first-order valence-corrected chi connectivity index (χ1v) is 3.50. The number of nitrogens with one attached hydrogen (secondary N) is 1. The molecule has 1 radical (unpaired) electrons. The lowest BCUT2D eigenvalue weighted by molar-refractivity contribution is 0.694. The molecule has 0 aromatic rings. The summed E-state index contributed by atoms with van der Waals surface area (Å²) in [6.07, 6.45) is 10.6. The van der Waals surface area contributed by atoms with Crippen molar-refractivity contribution in [3.8, 4) is 0 Å². The Labute approximate surface area is 60.3 Å². The highest BCUT2D eigenvalue weighted by atomic mass is 15.4. The third-order valence-electron chi connectivity index (χ3n) is 1.69. The molecule has 1 aliphatic carbocycles. The number of allylic oxidation sites excluding steroid dienone is 3. The SMILES string of the molecule is C1=CC2=CCCC=C2[N]N1. The first-order valence-electron chi connectivity index (χ1n) is 3.50. The predicted molar refractivity (Wildman–Crippen MR) is 39.8 cm³/mol. The van der Waals surface area contributed by atoms with E-state index in [0.717, 1.165) is 18.5 Å². The van der Waals surface area contributed by atoms with Crippen LogP contribution in [0.4, 0.5) is 0 Å². The van der Waals surface area contributed by atoms with Gasteiger partial charge in [-0.25, -0.2) is 0 Å². The third-order valence-corrected chi connectivity index (χ3v) is 1.69. The Morgan fingerprint density at radius 1 is 1.30 bits per heavy atom. The molecule has 1 N–H and O–H groups in total. The summed E-state index contributed by atoms with van der Waals surface area (Å²) in [7, 11) is 0. The summed E-state index contributed by atoms with van der Waals surface area (Å²) in [4.78, 5) is 0. The summed E-state index contributed by atoms with van der Waals surface area (Å²) in [5.74, 6) is 0. The minimum absolute atomic E-state index is 1.09. The van der Waals surface area contributed by atoms with Gasteiger partial charge in [0.1, 0.15) is 0 Å². The van der Waals surface area contributed by atoms with Crippen LogP contribution in [0.25, 0.3) is 0 Å². The largest absolute Gasteiger partial charge is 0.285 e. The van der Waals surface area contributed by atoms with Crippen LogP contribution in [-0.4, -0.2) is 0 Å². The molecular formula is C8H9N2. The van der Waals surface area contributed by atoms with E-state index >= 15 is 0 Å². The Kier molecular flexibility index (Phi) is 1.24. The van der Waals surface area contributed by atoms with Crippen molar-refractivity contribution in [2.75, 3.05) is 0 Å². The molecule has 0 saturated heterocycles. The third kappa shape index (κ3) is 0.817. The molecule has 10 heavy (non-hydrogen) atoms. The normalized spacial score (nSPS) is 21.6. The first-order chi connectivity index (χ1) is 4.97. The summed E-state index contributed by atoms with van der Waals surface area (Å²) in [5.41, 5.74) is 9.27. The van der Waals surface area contributed by atoms with Crippen LogP contribution >= 0.6 is 0 Å². The maximum Gasteiger partial charge on any atom is 0.0863 e. The van der Waals surface area contributed by atoms with Crippen molar-refractivity contribution < 1.29 is 0 Å². The van der Waals surface area contributed by atoms with Gasteiger partial charge in [0, 0.05) is 6.20 Å². The zero-order valence-electron chi connectivity index (χ0n) is 5.67. The molecule has 0 unspecified atom stereocenters. The quantitative estimate of drug-likeness (QED) is 0.528. The highest BCUT2D eigenvalue weighted by Crippen LogP contribution is 2.19. The van der Waals surface area contributed by atoms with Crippen LogP contribution < -0.4 is 10.9 Å². The predicted octanol–water partition coefficient (Wildman–Crippen LogP) is 1.23. The lowest BCUT2D eigenvalue weighted by Gasteiger charge is -2.16. The van der Waals surface area contributed by atoms with Gasteiger partial charge in [-0.05, 0) is 24.5 Å². The fourth-order valence-corrected chi connectivity index (χ4v) is 1.18. The summed E-state index contributed by atoms with van der Waals surface area (Å²) < 4.78 is 0. The Hall–Kier alpha value is -1.18. The molecular weight excluding hydrogens is 124 g/mol. The molecule has 2 nitrogen and oxygen atoms in total. The van der Waals surface area contributed by atoms with Crippen molar-refractivity contribution in [1.29, 1.82) is 0 Å². The minimum Gasteiger partial charge on any atom is -0.285 e. The lowest BCUT2D eigenvalue weighted by atomic mass is 10.0. The molecule has 51 valence electrons. The molecule has 0 bridgehead atoms. The molecule has 1 aliphatic heterocycles. The summed E-state index contributed by atoms with van der Waals surface area (Å²) in [6, 6.07) is 0. The van der Waals surface area contributed by atoms with E-state index in [9.17, 15) is 0 Å². The van der Waals surface area contributed by atoms with Gasteiger partial charge in [0.2, 0.25) is 0 Å². The zero-order valence-corrected chi connectivity index (χ0v) is 5.67. The smallest absolute Gasteiger partial charge is 0.0863 e. The molecule has 0 saturated carbocycles. The van der Waals surface area contributed by atoms with Crippen LogP contribution in [0.15, 0.2) is 35.7 Å². The molecule has 0 spiro atoms. The van der Waals surface area contributed by atoms with Crippen molar-refractivity contribution in [2.45, 2.75) is 12.8 Å². The van der Waals surface area contributed by atoms with Gasteiger partial charge in [-0.1, -0.05) is 12.2 Å². The number of fused-ring (bicyclic) bond motifs is 1.